The monoisotopic (exact) mass is 280 g/mol. The van der Waals surface area contributed by atoms with Gasteiger partial charge in [0.1, 0.15) is 5.76 Å². The fourth-order valence-electron chi connectivity index (χ4n) is 1.41. The third-order valence-electron chi connectivity index (χ3n) is 2.31. The first-order valence-electron chi connectivity index (χ1n) is 5.60. The number of aryl methyl sites for hydroxylation is 1. The lowest BCUT2D eigenvalue weighted by atomic mass is 10.2. The van der Waals surface area contributed by atoms with Crippen LogP contribution in [0.2, 0.25) is 0 Å². The van der Waals surface area contributed by atoms with E-state index < -0.39 is 5.97 Å². The zero-order valence-electron chi connectivity index (χ0n) is 10.4. The van der Waals surface area contributed by atoms with Gasteiger partial charge >= 0.3 is 5.97 Å². The molecule has 2 aromatic heterocycles. The summed E-state index contributed by atoms with van der Waals surface area (Å²) in [5, 5.41) is 4.48. The quantitative estimate of drug-likeness (QED) is 0.870. The molecule has 6 nitrogen and oxygen atoms in total. The number of nitrogens with zero attached hydrogens (tertiary/aromatic N) is 1. The molecule has 1 N–H and O–H groups in total. The molecule has 2 aromatic rings. The second kappa shape index (κ2) is 5.66. The molecule has 7 heteroatoms. The Morgan fingerprint density at radius 3 is 2.95 bits per heavy atom. The molecule has 0 aliphatic rings. The standard InChI is InChI=1S/C12H12N2O4S/c1-3-17-11(16)9-6-19-12(13-9)14-10(15)8-4-5-18-7(8)2/h4-6H,3H2,1-2H3,(H,13,14,15). The summed E-state index contributed by atoms with van der Waals surface area (Å²) in [6.07, 6.45) is 1.44. The SMILES string of the molecule is CCOC(=O)c1csc(NC(=O)c2ccoc2C)n1. The molecule has 0 bridgehead atoms. The number of carbonyl (C=O) groups excluding carboxylic acids is 2. The highest BCUT2D eigenvalue weighted by molar-refractivity contribution is 7.14. The van der Waals surface area contributed by atoms with Gasteiger partial charge in [-0.15, -0.1) is 11.3 Å². The molecule has 100 valence electrons. The minimum absolute atomic E-state index is 0.186. The van der Waals surface area contributed by atoms with Crippen molar-refractivity contribution in [2.75, 3.05) is 11.9 Å². The first-order chi connectivity index (χ1) is 9.11. The van der Waals surface area contributed by atoms with Crippen molar-refractivity contribution in [3.05, 3.63) is 34.7 Å². The van der Waals surface area contributed by atoms with Crippen molar-refractivity contribution >= 4 is 28.3 Å². The number of anilines is 1. The highest BCUT2D eigenvalue weighted by Gasteiger charge is 2.16. The van der Waals surface area contributed by atoms with Crippen LogP contribution in [0.3, 0.4) is 0 Å². The second-order valence-corrected chi connectivity index (χ2v) is 4.46. The smallest absolute Gasteiger partial charge is 0.357 e. The van der Waals surface area contributed by atoms with E-state index in [1.807, 2.05) is 0 Å². The van der Waals surface area contributed by atoms with E-state index in [0.29, 0.717) is 16.5 Å². The van der Waals surface area contributed by atoms with Crippen LogP contribution in [-0.2, 0) is 4.74 Å². The van der Waals surface area contributed by atoms with Gasteiger partial charge in [-0.05, 0) is 19.9 Å². The number of amides is 1. The van der Waals surface area contributed by atoms with E-state index in [1.165, 1.54) is 11.6 Å². The van der Waals surface area contributed by atoms with Crippen LogP contribution < -0.4 is 5.32 Å². The lowest BCUT2D eigenvalue weighted by Crippen LogP contribution is -2.12. The molecule has 0 atom stereocenters. The number of furan rings is 1. The number of thiazole rings is 1. The van der Waals surface area contributed by atoms with Crippen LogP contribution in [0.5, 0.6) is 0 Å². The summed E-state index contributed by atoms with van der Waals surface area (Å²) < 4.78 is 9.86. The van der Waals surface area contributed by atoms with Gasteiger partial charge < -0.3 is 9.15 Å². The number of esters is 1. The number of nitrogens with one attached hydrogen (secondary N) is 1. The van der Waals surface area contributed by atoms with Crippen molar-refractivity contribution in [3.8, 4) is 0 Å². The van der Waals surface area contributed by atoms with Crippen molar-refractivity contribution in [2.45, 2.75) is 13.8 Å². The molecule has 0 aliphatic heterocycles. The maximum atomic E-state index is 11.9. The summed E-state index contributed by atoms with van der Waals surface area (Å²) in [4.78, 5) is 27.3. The number of ether oxygens (including phenoxy) is 1. The topological polar surface area (TPSA) is 81.4 Å². The van der Waals surface area contributed by atoms with Crippen molar-refractivity contribution in [3.63, 3.8) is 0 Å². The van der Waals surface area contributed by atoms with Gasteiger partial charge in [0.25, 0.3) is 5.91 Å². The Labute approximate surface area is 113 Å². The second-order valence-electron chi connectivity index (χ2n) is 3.60. The first kappa shape index (κ1) is 13.3. The fourth-order valence-corrected chi connectivity index (χ4v) is 2.09. The van der Waals surface area contributed by atoms with Crippen LogP contribution in [0.15, 0.2) is 22.1 Å². The zero-order valence-corrected chi connectivity index (χ0v) is 11.2. The van der Waals surface area contributed by atoms with Crippen LogP contribution in [-0.4, -0.2) is 23.5 Å². The van der Waals surface area contributed by atoms with Gasteiger partial charge in [0, 0.05) is 5.38 Å². The van der Waals surface area contributed by atoms with Crippen LogP contribution in [0.4, 0.5) is 5.13 Å². The normalized spacial score (nSPS) is 10.2. The summed E-state index contributed by atoms with van der Waals surface area (Å²) in [7, 11) is 0. The molecule has 19 heavy (non-hydrogen) atoms. The molecule has 0 saturated heterocycles. The molecular weight excluding hydrogens is 268 g/mol. The average molecular weight is 280 g/mol. The van der Waals surface area contributed by atoms with Gasteiger partial charge in [0.15, 0.2) is 10.8 Å². The molecule has 0 spiro atoms. The van der Waals surface area contributed by atoms with Gasteiger partial charge in [-0.1, -0.05) is 0 Å². The van der Waals surface area contributed by atoms with E-state index in [2.05, 4.69) is 10.3 Å². The summed E-state index contributed by atoms with van der Waals surface area (Å²) in [6, 6.07) is 1.57. The largest absolute Gasteiger partial charge is 0.469 e. The number of aromatic nitrogens is 1. The van der Waals surface area contributed by atoms with Crippen LogP contribution in [0.25, 0.3) is 0 Å². The summed E-state index contributed by atoms with van der Waals surface area (Å²) >= 11 is 1.16. The van der Waals surface area contributed by atoms with E-state index in [9.17, 15) is 9.59 Å². The van der Waals surface area contributed by atoms with E-state index in [-0.39, 0.29) is 18.2 Å². The third kappa shape index (κ3) is 3.00. The van der Waals surface area contributed by atoms with Gasteiger partial charge in [-0.3, -0.25) is 10.1 Å². The maximum Gasteiger partial charge on any atom is 0.357 e. The highest BCUT2D eigenvalue weighted by atomic mass is 32.1. The maximum absolute atomic E-state index is 11.9. The number of rotatable bonds is 4. The first-order valence-corrected chi connectivity index (χ1v) is 6.48. The lowest BCUT2D eigenvalue weighted by molar-refractivity contribution is 0.0520. The highest BCUT2D eigenvalue weighted by Crippen LogP contribution is 2.18. The molecule has 2 rings (SSSR count). The molecule has 0 aromatic carbocycles. The number of hydrogen-bond donors (Lipinski definition) is 1. The van der Waals surface area contributed by atoms with E-state index >= 15 is 0 Å². The minimum Gasteiger partial charge on any atom is -0.469 e. The third-order valence-corrected chi connectivity index (χ3v) is 3.07. The molecule has 1 amide bonds. The Bertz CT molecular complexity index is 602. The van der Waals surface area contributed by atoms with Crippen LogP contribution in [0.1, 0.15) is 33.5 Å². The van der Waals surface area contributed by atoms with Crippen LogP contribution in [0, 0.1) is 6.92 Å². The zero-order chi connectivity index (χ0) is 13.8. The van der Waals surface area contributed by atoms with E-state index in [4.69, 9.17) is 9.15 Å². The molecule has 0 aliphatic carbocycles. The number of hydrogen-bond acceptors (Lipinski definition) is 6. The van der Waals surface area contributed by atoms with Crippen LogP contribution >= 0.6 is 11.3 Å². The Balaban J connectivity index is 2.06. The summed E-state index contributed by atoms with van der Waals surface area (Å²) in [5.41, 5.74) is 0.624. The molecular formula is C12H12N2O4S. The van der Waals surface area contributed by atoms with Gasteiger partial charge in [0.05, 0.1) is 18.4 Å². The molecule has 2 heterocycles. The van der Waals surface area contributed by atoms with Crippen molar-refractivity contribution in [2.24, 2.45) is 0 Å². The Hall–Kier alpha value is -2.15. The van der Waals surface area contributed by atoms with E-state index in [0.717, 1.165) is 11.3 Å². The summed E-state index contributed by atoms with van der Waals surface area (Å²) in [6.45, 7) is 3.70. The molecule has 0 radical (unpaired) electrons. The summed E-state index contributed by atoms with van der Waals surface area (Å²) in [5.74, 6) is -0.297. The van der Waals surface area contributed by atoms with Gasteiger partial charge in [-0.2, -0.15) is 0 Å². The fraction of sp³-hybridized carbons (Fsp3) is 0.250. The van der Waals surface area contributed by atoms with Crippen molar-refractivity contribution < 1.29 is 18.7 Å². The van der Waals surface area contributed by atoms with Crippen molar-refractivity contribution in [1.82, 2.24) is 4.98 Å². The van der Waals surface area contributed by atoms with Gasteiger partial charge in [-0.25, -0.2) is 9.78 Å². The Morgan fingerprint density at radius 2 is 2.32 bits per heavy atom. The number of carbonyl (C=O) groups is 2. The van der Waals surface area contributed by atoms with Gasteiger partial charge in [0.2, 0.25) is 0 Å². The lowest BCUT2D eigenvalue weighted by Gasteiger charge is -1.99. The molecule has 0 fully saturated rings. The molecule has 0 unspecified atom stereocenters. The average Bonchev–Trinajstić information content (AvgIpc) is 2.98. The van der Waals surface area contributed by atoms with Crippen molar-refractivity contribution in [1.29, 1.82) is 0 Å². The predicted octanol–water partition coefficient (Wildman–Crippen LogP) is 2.47. The Kier molecular flexibility index (Phi) is 3.96. The predicted molar refractivity (Wildman–Crippen MR) is 69.5 cm³/mol. The minimum atomic E-state index is -0.501. The Morgan fingerprint density at radius 1 is 1.53 bits per heavy atom. The molecule has 0 saturated carbocycles. The van der Waals surface area contributed by atoms with E-state index in [1.54, 1.807) is 19.9 Å².